The second-order valence-electron chi connectivity index (χ2n) is 5.37. The molecule has 2 aromatic rings. The molecule has 1 aromatic carbocycles. The molecule has 26 heavy (non-hydrogen) atoms. The molecule has 2 amide bonds. The first kappa shape index (κ1) is 19.7. The largest absolute Gasteiger partial charge is 0.497 e. The Labute approximate surface area is 155 Å². The molecule has 1 aromatic heterocycles. The summed E-state index contributed by atoms with van der Waals surface area (Å²) in [6.07, 6.45) is 0. The van der Waals surface area contributed by atoms with Gasteiger partial charge in [0, 0.05) is 30.8 Å². The lowest BCUT2D eigenvalue weighted by molar-refractivity contribution is -0.122. The fraction of sp³-hybridized carbons (Fsp3) is 0.353. The first-order chi connectivity index (χ1) is 12.5. The molecule has 0 fully saturated rings. The van der Waals surface area contributed by atoms with Crippen molar-refractivity contribution in [1.29, 1.82) is 0 Å². The Balaban J connectivity index is 1.91. The van der Waals surface area contributed by atoms with Crippen molar-refractivity contribution >= 4 is 34.0 Å². The fourth-order valence-corrected chi connectivity index (χ4v) is 2.74. The van der Waals surface area contributed by atoms with Gasteiger partial charge in [-0.3, -0.25) is 9.59 Å². The van der Waals surface area contributed by atoms with E-state index in [4.69, 9.17) is 9.47 Å². The van der Waals surface area contributed by atoms with E-state index >= 15 is 0 Å². The molecule has 9 heteroatoms. The Kier molecular flexibility index (Phi) is 7.37. The summed E-state index contributed by atoms with van der Waals surface area (Å²) in [6, 6.07) is 6.72. The van der Waals surface area contributed by atoms with Crippen molar-refractivity contribution < 1.29 is 19.1 Å². The number of nitrogens with one attached hydrogen (secondary N) is 3. The smallest absolute Gasteiger partial charge is 0.271 e. The lowest BCUT2D eigenvalue weighted by atomic mass is 10.3. The van der Waals surface area contributed by atoms with E-state index in [0.29, 0.717) is 18.3 Å². The van der Waals surface area contributed by atoms with Crippen LogP contribution in [0.5, 0.6) is 5.75 Å². The minimum Gasteiger partial charge on any atom is -0.497 e. The lowest BCUT2D eigenvalue weighted by Crippen LogP contribution is -2.45. The van der Waals surface area contributed by atoms with E-state index in [1.807, 2.05) is 24.3 Å². The number of benzene rings is 1. The topological polar surface area (TPSA) is 102 Å². The number of rotatable bonds is 9. The molecular weight excluding hydrogens is 356 g/mol. The van der Waals surface area contributed by atoms with Gasteiger partial charge in [-0.15, -0.1) is 11.3 Å². The van der Waals surface area contributed by atoms with E-state index in [-0.39, 0.29) is 11.6 Å². The van der Waals surface area contributed by atoms with Gasteiger partial charge in [-0.25, -0.2) is 4.98 Å². The van der Waals surface area contributed by atoms with Crippen LogP contribution in [0.3, 0.4) is 0 Å². The van der Waals surface area contributed by atoms with Gasteiger partial charge in [-0.05, 0) is 19.1 Å². The zero-order chi connectivity index (χ0) is 18.9. The molecule has 0 aliphatic rings. The standard InChI is InChI=1S/C17H22N4O4S/c1-11(15(22)18-7-8-24-2)19-16(23)14-10-26-17(21-14)20-12-5-4-6-13(9-12)25-3/h4-6,9-11H,7-8H2,1-3H3,(H,18,22)(H,19,23)(H,20,21)/t11-/m0/s1. The molecule has 1 atom stereocenters. The minimum absolute atomic E-state index is 0.247. The number of carbonyl (C=O) groups excluding carboxylic acids is 2. The summed E-state index contributed by atoms with van der Waals surface area (Å²) in [5.74, 6) is 0.0347. The molecule has 0 bridgehead atoms. The summed E-state index contributed by atoms with van der Waals surface area (Å²) in [5.41, 5.74) is 1.05. The van der Waals surface area contributed by atoms with Crippen molar-refractivity contribution in [1.82, 2.24) is 15.6 Å². The highest BCUT2D eigenvalue weighted by atomic mass is 32.1. The zero-order valence-electron chi connectivity index (χ0n) is 14.9. The summed E-state index contributed by atoms with van der Waals surface area (Å²) >= 11 is 1.30. The Hall–Kier alpha value is -2.65. The molecule has 3 N–H and O–H groups in total. The van der Waals surface area contributed by atoms with E-state index in [0.717, 1.165) is 11.4 Å². The third-order valence-corrected chi connectivity index (χ3v) is 4.16. The summed E-state index contributed by atoms with van der Waals surface area (Å²) in [7, 11) is 3.15. The fourth-order valence-electron chi connectivity index (χ4n) is 2.03. The highest BCUT2D eigenvalue weighted by Gasteiger charge is 2.18. The molecule has 8 nitrogen and oxygen atoms in total. The van der Waals surface area contributed by atoms with Crippen LogP contribution in [0.1, 0.15) is 17.4 Å². The molecule has 0 unspecified atom stereocenters. The van der Waals surface area contributed by atoms with Crippen molar-refractivity contribution in [3.63, 3.8) is 0 Å². The maximum absolute atomic E-state index is 12.2. The normalized spacial score (nSPS) is 11.5. The molecule has 0 aliphatic heterocycles. The molecular formula is C17H22N4O4S. The van der Waals surface area contributed by atoms with Crippen LogP contribution in [0.2, 0.25) is 0 Å². The lowest BCUT2D eigenvalue weighted by Gasteiger charge is -2.13. The first-order valence-electron chi connectivity index (χ1n) is 7.97. The molecule has 0 saturated heterocycles. The number of aromatic nitrogens is 1. The molecule has 2 rings (SSSR count). The van der Waals surface area contributed by atoms with Gasteiger partial charge in [-0.1, -0.05) is 6.07 Å². The van der Waals surface area contributed by atoms with Crippen LogP contribution < -0.4 is 20.7 Å². The van der Waals surface area contributed by atoms with Crippen LogP contribution in [0.25, 0.3) is 0 Å². The Morgan fingerprint density at radius 3 is 2.85 bits per heavy atom. The summed E-state index contributed by atoms with van der Waals surface area (Å²) < 4.78 is 10.0. The number of carbonyl (C=O) groups is 2. The Morgan fingerprint density at radius 1 is 1.31 bits per heavy atom. The maximum atomic E-state index is 12.2. The van der Waals surface area contributed by atoms with Crippen molar-refractivity contribution in [2.45, 2.75) is 13.0 Å². The van der Waals surface area contributed by atoms with E-state index in [1.165, 1.54) is 11.3 Å². The first-order valence-corrected chi connectivity index (χ1v) is 8.85. The van der Waals surface area contributed by atoms with Gasteiger partial charge < -0.3 is 25.4 Å². The molecule has 0 spiro atoms. The number of nitrogens with zero attached hydrogens (tertiary/aromatic N) is 1. The second kappa shape index (κ2) is 9.73. The molecule has 1 heterocycles. The minimum atomic E-state index is -0.671. The third-order valence-electron chi connectivity index (χ3n) is 3.40. The van der Waals surface area contributed by atoms with Gasteiger partial charge in [0.25, 0.3) is 5.91 Å². The SMILES string of the molecule is COCCNC(=O)[C@H](C)NC(=O)c1csc(Nc2cccc(OC)c2)n1. The average Bonchev–Trinajstić information content (AvgIpc) is 3.10. The summed E-state index contributed by atoms with van der Waals surface area (Å²) in [4.78, 5) is 28.4. The summed E-state index contributed by atoms with van der Waals surface area (Å²) in [6.45, 7) is 2.42. The predicted octanol–water partition coefficient (Wildman–Crippen LogP) is 1.78. The number of hydrogen-bond donors (Lipinski definition) is 3. The van der Waals surface area contributed by atoms with E-state index in [2.05, 4.69) is 20.9 Å². The molecule has 140 valence electrons. The van der Waals surface area contributed by atoms with Crippen LogP contribution in [-0.2, 0) is 9.53 Å². The van der Waals surface area contributed by atoms with E-state index < -0.39 is 11.9 Å². The Morgan fingerprint density at radius 2 is 2.12 bits per heavy atom. The van der Waals surface area contributed by atoms with Crippen LogP contribution >= 0.6 is 11.3 Å². The van der Waals surface area contributed by atoms with Crippen LogP contribution in [-0.4, -0.2) is 50.2 Å². The average molecular weight is 378 g/mol. The van der Waals surface area contributed by atoms with Gasteiger partial charge in [0.15, 0.2) is 5.13 Å². The van der Waals surface area contributed by atoms with E-state index in [1.54, 1.807) is 26.5 Å². The molecule has 0 radical (unpaired) electrons. The van der Waals surface area contributed by atoms with Crippen molar-refractivity contribution in [2.75, 3.05) is 32.7 Å². The monoisotopic (exact) mass is 378 g/mol. The van der Waals surface area contributed by atoms with Gasteiger partial charge in [0.05, 0.1) is 13.7 Å². The van der Waals surface area contributed by atoms with Crippen molar-refractivity contribution in [3.05, 3.63) is 35.3 Å². The highest BCUT2D eigenvalue weighted by Crippen LogP contribution is 2.23. The zero-order valence-corrected chi connectivity index (χ0v) is 15.7. The van der Waals surface area contributed by atoms with Crippen LogP contribution in [0.4, 0.5) is 10.8 Å². The van der Waals surface area contributed by atoms with Crippen LogP contribution in [0.15, 0.2) is 29.6 Å². The molecule has 0 aliphatic carbocycles. The second-order valence-corrected chi connectivity index (χ2v) is 6.23. The highest BCUT2D eigenvalue weighted by molar-refractivity contribution is 7.14. The van der Waals surface area contributed by atoms with Crippen LogP contribution in [0, 0.1) is 0 Å². The van der Waals surface area contributed by atoms with E-state index in [9.17, 15) is 9.59 Å². The van der Waals surface area contributed by atoms with Gasteiger partial charge in [-0.2, -0.15) is 0 Å². The summed E-state index contributed by atoms with van der Waals surface area (Å²) in [5, 5.41) is 10.6. The van der Waals surface area contributed by atoms with Gasteiger partial charge >= 0.3 is 0 Å². The number of thiazole rings is 1. The number of hydrogen-bond acceptors (Lipinski definition) is 7. The van der Waals surface area contributed by atoms with Crippen molar-refractivity contribution in [2.24, 2.45) is 0 Å². The van der Waals surface area contributed by atoms with Crippen molar-refractivity contribution in [3.8, 4) is 5.75 Å². The van der Waals surface area contributed by atoms with Gasteiger partial charge in [0.2, 0.25) is 5.91 Å². The third kappa shape index (κ3) is 5.71. The van der Waals surface area contributed by atoms with Gasteiger partial charge in [0.1, 0.15) is 17.5 Å². The number of ether oxygens (including phenoxy) is 2. The predicted molar refractivity (Wildman–Crippen MR) is 100 cm³/mol. The quantitative estimate of drug-likeness (QED) is 0.575. The molecule has 0 saturated carbocycles. The number of methoxy groups -OCH3 is 2. The maximum Gasteiger partial charge on any atom is 0.271 e. The number of amides is 2. The Bertz CT molecular complexity index is 750. The number of anilines is 2.